The molecule has 0 bridgehead atoms. The SMILES string of the molecule is Fc1cccc(F)c1-c1cc2cc(Br)cnc2[nH]1. The Kier molecular flexibility index (Phi) is 2.63. The maximum atomic E-state index is 13.7. The molecule has 0 aliphatic rings. The maximum Gasteiger partial charge on any atom is 0.137 e. The number of aromatic amines is 1. The third kappa shape index (κ3) is 1.80. The van der Waals surface area contributed by atoms with Gasteiger partial charge in [-0.1, -0.05) is 6.07 Å². The zero-order chi connectivity index (χ0) is 12.7. The van der Waals surface area contributed by atoms with Gasteiger partial charge in [0.1, 0.15) is 17.3 Å². The van der Waals surface area contributed by atoms with E-state index in [0.717, 1.165) is 9.86 Å². The molecule has 0 spiro atoms. The summed E-state index contributed by atoms with van der Waals surface area (Å²) in [6.07, 6.45) is 1.63. The first kappa shape index (κ1) is 11.3. The summed E-state index contributed by atoms with van der Waals surface area (Å²) in [5.41, 5.74) is 0.911. The van der Waals surface area contributed by atoms with Gasteiger partial charge >= 0.3 is 0 Å². The minimum atomic E-state index is -0.597. The molecule has 0 radical (unpaired) electrons. The number of nitrogens with one attached hydrogen (secondary N) is 1. The minimum Gasteiger partial charge on any atom is -0.339 e. The molecule has 0 atom stereocenters. The molecule has 1 aromatic carbocycles. The van der Waals surface area contributed by atoms with Gasteiger partial charge in [-0.05, 0) is 40.2 Å². The predicted octanol–water partition coefficient (Wildman–Crippen LogP) is 4.27. The monoisotopic (exact) mass is 308 g/mol. The van der Waals surface area contributed by atoms with Crippen molar-refractivity contribution >= 4 is 27.0 Å². The fraction of sp³-hybridized carbons (Fsp3) is 0. The topological polar surface area (TPSA) is 28.7 Å². The van der Waals surface area contributed by atoms with Gasteiger partial charge in [0, 0.05) is 16.1 Å². The highest BCUT2D eigenvalue weighted by Crippen LogP contribution is 2.28. The second-order valence-electron chi connectivity index (χ2n) is 3.87. The molecular formula is C13H7BrF2N2. The quantitative estimate of drug-likeness (QED) is 0.714. The van der Waals surface area contributed by atoms with Crippen LogP contribution in [0.3, 0.4) is 0 Å². The Morgan fingerprint density at radius 2 is 1.83 bits per heavy atom. The maximum absolute atomic E-state index is 13.7. The van der Waals surface area contributed by atoms with Crippen LogP contribution in [0.5, 0.6) is 0 Å². The van der Waals surface area contributed by atoms with Crippen LogP contribution >= 0.6 is 15.9 Å². The molecule has 18 heavy (non-hydrogen) atoms. The van der Waals surface area contributed by atoms with Crippen LogP contribution in [0.15, 0.2) is 41.0 Å². The molecule has 0 saturated carbocycles. The first-order chi connectivity index (χ1) is 8.65. The molecule has 1 N–H and O–H groups in total. The Morgan fingerprint density at radius 1 is 1.11 bits per heavy atom. The number of nitrogens with zero attached hydrogens (tertiary/aromatic N) is 1. The molecule has 0 fully saturated rings. The van der Waals surface area contributed by atoms with Gasteiger partial charge in [0.15, 0.2) is 0 Å². The van der Waals surface area contributed by atoms with E-state index in [9.17, 15) is 8.78 Å². The second kappa shape index (κ2) is 4.17. The van der Waals surface area contributed by atoms with E-state index in [-0.39, 0.29) is 5.56 Å². The van der Waals surface area contributed by atoms with Crippen LogP contribution in [0, 0.1) is 11.6 Å². The number of aromatic nitrogens is 2. The lowest BCUT2D eigenvalue weighted by Gasteiger charge is -2.01. The van der Waals surface area contributed by atoms with Crippen LogP contribution in [-0.2, 0) is 0 Å². The summed E-state index contributed by atoms with van der Waals surface area (Å²) in [7, 11) is 0. The van der Waals surface area contributed by atoms with Crippen LogP contribution < -0.4 is 0 Å². The van der Waals surface area contributed by atoms with Crippen molar-refractivity contribution in [3.05, 3.63) is 52.6 Å². The van der Waals surface area contributed by atoms with Crippen molar-refractivity contribution in [3.63, 3.8) is 0 Å². The van der Waals surface area contributed by atoms with E-state index < -0.39 is 11.6 Å². The van der Waals surface area contributed by atoms with E-state index in [1.54, 1.807) is 12.3 Å². The summed E-state index contributed by atoms with van der Waals surface area (Å²) in [4.78, 5) is 7.05. The van der Waals surface area contributed by atoms with Gasteiger partial charge in [0.25, 0.3) is 0 Å². The van der Waals surface area contributed by atoms with Crippen molar-refractivity contribution < 1.29 is 8.78 Å². The molecular weight excluding hydrogens is 302 g/mol. The van der Waals surface area contributed by atoms with Crippen molar-refractivity contribution in [2.75, 3.05) is 0 Å². The molecule has 2 aromatic heterocycles. The fourth-order valence-corrected chi connectivity index (χ4v) is 2.23. The lowest BCUT2D eigenvalue weighted by atomic mass is 10.1. The predicted molar refractivity (Wildman–Crippen MR) is 69.1 cm³/mol. The molecule has 0 amide bonds. The molecule has 0 unspecified atom stereocenters. The molecule has 0 saturated heterocycles. The highest BCUT2D eigenvalue weighted by molar-refractivity contribution is 9.10. The average molecular weight is 309 g/mol. The average Bonchev–Trinajstić information content (AvgIpc) is 2.71. The summed E-state index contributed by atoms with van der Waals surface area (Å²) >= 11 is 3.30. The van der Waals surface area contributed by atoms with Gasteiger partial charge < -0.3 is 4.98 Å². The third-order valence-corrected chi connectivity index (χ3v) is 3.10. The van der Waals surface area contributed by atoms with E-state index in [1.807, 2.05) is 6.07 Å². The molecule has 0 aliphatic heterocycles. The van der Waals surface area contributed by atoms with E-state index >= 15 is 0 Å². The Morgan fingerprint density at radius 3 is 2.56 bits per heavy atom. The number of benzene rings is 1. The van der Waals surface area contributed by atoms with Crippen LogP contribution in [-0.4, -0.2) is 9.97 Å². The van der Waals surface area contributed by atoms with Gasteiger partial charge in [-0.2, -0.15) is 0 Å². The smallest absolute Gasteiger partial charge is 0.137 e. The summed E-state index contributed by atoms with van der Waals surface area (Å²) in [6.45, 7) is 0. The van der Waals surface area contributed by atoms with E-state index in [2.05, 4.69) is 25.9 Å². The van der Waals surface area contributed by atoms with Crippen molar-refractivity contribution in [3.8, 4) is 11.3 Å². The summed E-state index contributed by atoms with van der Waals surface area (Å²) < 4.78 is 28.1. The zero-order valence-electron chi connectivity index (χ0n) is 9.05. The fourth-order valence-electron chi connectivity index (χ4n) is 1.88. The number of hydrogen-bond donors (Lipinski definition) is 1. The Labute approximate surface area is 110 Å². The molecule has 3 aromatic rings. The van der Waals surface area contributed by atoms with E-state index in [0.29, 0.717) is 11.3 Å². The standard InChI is InChI=1S/C13H7BrF2N2/c14-8-4-7-5-11(18-13(7)17-6-8)12-9(15)2-1-3-10(12)16/h1-6H,(H,17,18). The molecule has 2 heterocycles. The van der Waals surface area contributed by atoms with Crippen LogP contribution in [0.2, 0.25) is 0 Å². The highest BCUT2D eigenvalue weighted by Gasteiger charge is 2.13. The first-order valence-corrected chi connectivity index (χ1v) is 6.03. The second-order valence-corrected chi connectivity index (χ2v) is 4.79. The van der Waals surface area contributed by atoms with Crippen molar-refractivity contribution in [1.29, 1.82) is 0 Å². The van der Waals surface area contributed by atoms with Gasteiger partial charge in [0.05, 0.1) is 11.3 Å². The summed E-state index contributed by atoms with van der Waals surface area (Å²) in [6, 6.07) is 7.31. The first-order valence-electron chi connectivity index (χ1n) is 5.24. The van der Waals surface area contributed by atoms with Gasteiger partial charge in [-0.15, -0.1) is 0 Å². The molecule has 5 heteroatoms. The largest absolute Gasteiger partial charge is 0.339 e. The van der Waals surface area contributed by atoms with Crippen molar-refractivity contribution in [2.24, 2.45) is 0 Å². The van der Waals surface area contributed by atoms with E-state index in [1.165, 1.54) is 18.2 Å². The number of pyridine rings is 1. The number of halogens is 3. The molecule has 0 aliphatic carbocycles. The molecule has 3 rings (SSSR count). The number of rotatable bonds is 1. The van der Waals surface area contributed by atoms with Crippen LogP contribution in [0.25, 0.3) is 22.3 Å². The van der Waals surface area contributed by atoms with Gasteiger partial charge in [-0.25, -0.2) is 13.8 Å². The number of H-pyrrole nitrogens is 1. The highest BCUT2D eigenvalue weighted by atomic mass is 79.9. The van der Waals surface area contributed by atoms with Crippen LogP contribution in [0.1, 0.15) is 0 Å². The Bertz CT molecular complexity index is 717. The van der Waals surface area contributed by atoms with Crippen molar-refractivity contribution in [2.45, 2.75) is 0 Å². The summed E-state index contributed by atoms with van der Waals surface area (Å²) in [5, 5.41) is 0.794. The normalized spacial score (nSPS) is 11.1. The zero-order valence-corrected chi connectivity index (χ0v) is 10.6. The Hall–Kier alpha value is -1.75. The van der Waals surface area contributed by atoms with Crippen LogP contribution in [0.4, 0.5) is 8.78 Å². The summed E-state index contributed by atoms with van der Waals surface area (Å²) in [5.74, 6) is -1.19. The minimum absolute atomic E-state index is 0.0633. The molecule has 2 nitrogen and oxygen atoms in total. The number of hydrogen-bond acceptors (Lipinski definition) is 1. The Balaban J connectivity index is 2.26. The van der Waals surface area contributed by atoms with Crippen molar-refractivity contribution in [1.82, 2.24) is 9.97 Å². The number of fused-ring (bicyclic) bond motifs is 1. The van der Waals surface area contributed by atoms with Gasteiger partial charge in [-0.3, -0.25) is 0 Å². The molecule has 90 valence electrons. The van der Waals surface area contributed by atoms with E-state index in [4.69, 9.17) is 0 Å². The lowest BCUT2D eigenvalue weighted by Crippen LogP contribution is -1.89. The lowest BCUT2D eigenvalue weighted by molar-refractivity contribution is 0.589. The third-order valence-electron chi connectivity index (χ3n) is 2.67. The van der Waals surface area contributed by atoms with Gasteiger partial charge in [0.2, 0.25) is 0 Å².